The van der Waals surface area contributed by atoms with Crippen molar-refractivity contribution in [1.29, 1.82) is 0 Å². The lowest BCUT2D eigenvalue weighted by atomic mass is 10.1. The van der Waals surface area contributed by atoms with Gasteiger partial charge in [-0.3, -0.25) is 9.59 Å². The number of aliphatic hydroxyl groups excluding tert-OH is 1. The highest BCUT2D eigenvalue weighted by Gasteiger charge is 2.18. The summed E-state index contributed by atoms with van der Waals surface area (Å²) in [6, 6.07) is 8.56. The van der Waals surface area contributed by atoms with E-state index in [0.717, 1.165) is 5.56 Å². The third-order valence-electron chi connectivity index (χ3n) is 4.31. The zero-order valence-electron chi connectivity index (χ0n) is 16.5. The van der Waals surface area contributed by atoms with Crippen molar-refractivity contribution in [2.24, 2.45) is 7.05 Å². The fourth-order valence-electron chi connectivity index (χ4n) is 2.96. The minimum Gasteiger partial charge on any atom is -0.476 e. The van der Waals surface area contributed by atoms with Gasteiger partial charge in [0.05, 0.1) is 12.0 Å². The Morgan fingerprint density at radius 3 is 2.73 bits per heavy atom. The largest absolute Gasteiger partial charge is 0.476 e. The molecule has 3 aromatic rings. The second kappa shape index (κ2) is 9.44. The summed E-state index contributed by atoms with van der Waals surface area (Å²) in [7, 11) is 1.71. The smallest absolute Gasteiger partial charge is 0.257 e. The van der Waals surface area contributed by atoms with E-state index >= 15 is 0 Å². The molecule has 2 N–H and O–H groups in total. The van der Waals surface area contributed by atoms with E-state index in [0.29, 0.717) is 17.1 Å². The lowest BCUT2D eigenvalue weighted by molar-refractivity contribution is 0.0949. The van der Waals surface area contributed by atoms with Crippen LogP contribution in [0.25, 0.3) is 10.9 Å². The van der Waals surface area contributed by atoms with Crippen LogP contribution < -0.4 is 15.5 Å². The van der Waals surface area contributed by atoms with Gasteiger partial charge in [0.15, 0.2) is 0 Å². The first-order valence-corrected chi connectivity index (χ1v) is 9.62. The summed E-state index contributed by atoms with van der Waals surface area (Å²) in [4.78, 5) is 30.1. The van der Waals surface area contributed by atoms with Crippen LogP contribution in [-0.4, -0.2) is 33.8 Å². The van der Waals surface area contributed by atoms with Crippen molar-refractivity contribution in [3.63, 3.8) is 0 Å². The molecular formula is C22H20ClN3O4. The predicted molar refractivity (Wildman–Crippen MR) is 115 cm³/mol. The maximum absolute atomic E-state index is 13.1. The molecule has 7 nitrogen and oxygen atoms in total. The Balaban J connectivity index is 2.03. The molecule has 0 aliphatic carbocycles. The molecule has 8 heteroatoms. The lowest BCUT2D eigenvalue weighted by Crippen LogP contribution is -2.29. The molecule has 0 aliphatic heterocycles. The topological polar surface area (TPSA) is 93.5 Å². The van der Waals surface area contributed by atoms with Gasteiger partial charge in [-0.25, -0.2) is 4.98 Å². The van der Waals surface area contributed by atoms with Crippen molar-refractivity contribution in [3.8, 4) is 17.7 Å². The fourth-order valence-corrected chi connectivity index (χ4v) is 3.09. The van der Waals surface area contributed by atoms with E-state index in [-0.39, 0.29) is 35.7 Å². The molecule has 2 aromatic heterocycles. The average molecular weight is 426 g/mol. The second-order valence-electron chi connectivity index (χ2n) is 6.39. The minimum atomic E-state index is -0.495. The number of rotatable bonds is 5. The first-order valence-electron chi connectivity index (χ1n) is 9.24. The average Bonchev–Trinajstić information content (AvgIpc) is 2.74. The van der Waals surface area contributed by atoms with Crippen molar-refractivity contribution in [2.75, 3.05) is 13.2 Å². The Kier molecular flexibility index (Phi) is 6.72. The predicted octanol–water partition coefficient (Wildman–Crippen LogP) is 2.26. The molecule has 3 rings (SSSR count). The molecule has 1 amide bonds. The Morgan fingerprint density at radius 2 is 2.07 bits per heavy atom. The van der Waals surface area contributed by atoms with Crippen LogP contribution in [0.2, 0.25) is 5.02 Å². The molecule has 0 unspecified atom stereocenters. The van der Waals surface area contributed by atoms with E-state index in [1.165, 1.54) is 12.3 Å². The number of pyridine rings is 2. The highest BCUT2D eigenvalue weighted by atomic mass is 35.5. The first-order chi connectivity index (χ1) is 14.4. The number of aryl methyl sites for hydroxylation is 1. The number of aliphatic hydroxyl groups is 1. The number of carbonyl (C=O) groups excluding carboxylic acids is 1. The SMILES string of the molecule is CCOc1nc(C#CCO)cc2c(=O)c(C(=O)NCc3ccc(Cl)cc3)cn(C)c12. The molecule has 2 heterocycles. The van der Waals surface area contributed by atoms with E-state index < -0.39 is 11.3 Å². The zero-order valence-corrected chi connectivity index (χ0v) is 17.3. The van der Waals surface area contributed by atoms with E-state index in [9.17, 15) is 9.59 Å². The number of halogens is 1. The number of aromatic nitrogens is 2. The van der Waals surface area contributed by atoms with E-state index in [1.807, 2.05) is 0 Å². The summed E-state index contributed by atoms with van der Waals surface area (Å²) in [5.41, 5.74) is 1.14. The van der Waals surface area contributed by atoms with Crippen LogP contribution in [0.15, 0.2) is 41.3 Å². The first kappa shape index (κ1) is 21.4. The Morgan fingerprint density at radius 1 is 1.33 bits per heavy atom. The van der Waals surface area contributed by atoms with Crippen molar-refractivity contribution in [3.05, 3.63) is 68.6 Å². The molecule has 1 aromatic carbocycles. The summed E-state index contributed by atoms with van der Waals surface area (Å²) in [5, 5.41) is 12.6. The zero-order chi connectivity index (χ0) is 21.7. The van der Waals surface area contributed by atoms with Crippen molar-refractivity contribution < 1.29 is 14.6 Å². The normalized spacial score (nSPS) is 10.4. The summed E-state index contributed by atoms with van der Waals surface area (Å²) >= 11 is 5.87. The monoisotopic (exact) mass is 425 g/mol. The Hall–Kier alpha value is -3.34. The summed E-state index contributed by atoms with van der Waals surface area (Å²) in [6.45, 7) is 2.06. The number of carbonyl (C=O) groups is 1. The molecule has 30 heavy (non-hydrogen) atoms. The van der Waals surface area contributed by atoms with Crippen LogP contribution in [-0.2, 0) is 13.6 Å². The molecule has 0 fully saturated rings. The van der Waals surface area contributed by atoms with Gasteiger partial charge in [0, 0.05) is 24.8 Å². The number of hydrogen-bond acceptors (Lipinski definition) is 5. The van der Waals surface area contributed by atoms with Crippen molar-refractivity contribution in [2.45, 2.75) is 13.5 Å². The summed E-state index contributed by atoms with van der Waals surface area (Å²) in [5.74, 6) is 4.93. The maximum atomic E-state index is 13.1. The molecule has 0 aliphatic rings. The molecule has 0 saturated carbocycles. The number of nitrogens with zero attached hydrogens (tertiary/aromatic N) is 2. The lowest BCUT2D eigenvalue weighted by Gasteiger charge is -2.13. The molecule has 154 valence electrons. The van der Waals surface area contributed by atoms with Gasteiger partial charge in [-0.05, 0) is 36.6 Å². The second-order valence-corrected chi connectivity index (χ2v) is 6.83. The number of ether oxygens (including phenoxy) is 1. The molecule has 0 spiro atoms. The molecule has 0 radical (unpaired) electrons. The quantitative estimate of drug-likeness (QED) is 0.611. The van der Waals surface area contributed by atoms with Gasteiger partial charge in [-0.1, -0.05) is 29.7 Å². The van der Waals surface area contributed by atoms with Crippen LogP contribution in [0, 0.1) is 11.8 Å². The number of fused-ring (bicyclic) bond motifs is 1. The van der Waals surface area contributed by atoms with Gasteiger partial charge in [-0.15, -0.1) is 0 Å². The van der Waals surface area contributed by atoms with E-state index in [4.69, 9.17) is 21.4 Å². The number of benzene rings is 1. The number of nitrogens with one attached hydrogen (secondary N) is 1. The molecule has 0 atom stereocenters. The van der Waals surface area contributed by atoms with Crippen LogP contribution in [0.3, 0.4) is 0 Å². The molecule has 0 saturated heterocycles. The van der Waals surface area contributed by atoms with Crippen LogP contribution in [0.1, 0.15) is 28.5 Å². The van der Waals surface area contributed by atoms with Crippen LogP contribution >= 0.6 is 11.6 Å². The van der Waals surface area contributed by atoms with Gasteiger partial charge in [0.2, 0.25) is 11.3 Å². The molecule has 0 bridgehead atoms. The van der Waals surface area contributed by atoms with E-state index in [2.05, 4.69) is 22.1 Å². The minimum absolute atomic E-state index is 0.00585. The third-order valence-corrected chi connectivity index (χ3v) is 4.56. The number of hydrogen-bond donors (Lipinski definition) is 2. The van der Waals surface area contributed by atoms with Crippen LogP contribution in [0.4, 0.5) is 0 Å². The maximum Gasteiger partial charge on any atom is 0.257 e. The van der Waals surface area contributed by atoms with Gasteiger partial charge in [0.1, 0.15) is 23.4 Å². The van der Waals surface area contributed by atoms with Gasteiger partial charge in [0.25, 0.3) is 5.91 Å². The number of amides is 1. The highest BCUT2D eigenvalue weighted by molar-refractivity contribution is 6.30. The Bertz CT molecular complexity index is 1210. The van der Waals surface area contributed by atoms with Crippen molar-refractivity contribution in [1.82, 2.24) is 14.9 Å². The standard InChI is InChI=1S/C22H20ClN3O4/c1-3-30-22-19-17(11-16(25-22)5-4-10-27)20(28)18(13-26(19)2)21(29)24-12-14-6-8-15(23)9-7-14/h6-9,11,13,27H,3,10,12H2,1-2H3,(H,24,29). The molecular weight excluding hydrogens is 406 g/mol. The fraction of sp³-hybridized carbons (Fsp3) is 0.227. The van der Waals surface area contributed by atoms with Gasteiger partial charge < -0.3 is 19.7 Å². The van der Waals surface area contributed by atoms with Gasteiger partial charge >= 0.3 is 0 Å². The Labute approximate surface area is 178 Å². The highest BCUT2D eigenvalue weighted by Crippen LogP contribution is 2.22. The third kappa shape index (κ3) is 4.62. The van der Waals surface area contributed by atoms with Crippen molar-refractivity contribution >= 4 is 28.4 Å². The summed E-state index contributed by atoms with van der Waals surface area (Å²) < 4.78 is 7.21. The summed E-state index contributed by atoms with van der Waals surface area (Å²) in [6.07, 6.45) is 1.46. The van der Waals surface area contributed by atoms with E-state index in [1.54, 1.807) is 42.8 Å². The van der Waals surface area contributed by atoms with Gasteiger partial charge in [-0.2, -0.15) is 0 Å². The van der Waals surface area contributed by atoms with Crippen LogP contribution in [0.5, 0.6) is 5.88 Å².